The van der Waals surface area contributed by atoms with E-state index in [1.165, 1.54) is 4.90 Å². The molecule has 1 atom stereocenters. The second-order valence-electron chi connectivity index (χ2n) is 4.70. The van der Waals surface area contributed by atoms with Gasteiger partial charge < -0.3 is 14.7 Å². The highest BCUT2D eigenvalue weighted by Crippen LogP contribution is 2.27. The number of carbonyl (C=O) groups is 2. The predicted octanol–water partition coefficient (Wildman–Crippen LogP) is 2.54. The molecule has 6 heteroatoms. The molecule has 0 bridgehead atoms. The second-order valence-corrected chi connectivity index (χ2v) is 5.55. The maximum absolute atomic E-state index is 12.5. The number of halogens is 1. The fourth-order valence-corrected chi connectivity index (χ4v) is 2.94. The Morgan fingerprint density at radius 3 is 2.75 bits per heavy atom. The van der Waals surface area contributed by atoms with Crippen LogP contribution in [0.3, 0.4) is 0 Å². The summed E-state index contributed by atoms with van der Waals surface area (Å²) in [4.78, 5) is 25.2. The maximum Gasteiger partial charge on any atom is 0.326 e. The van der Waals surface area contributed by atoms with Gasteiger partial charge in [0.1, 0.15) is 11.8 Å². The van der Waals surface area contributed by atoms with Gasteiger partial charge >= 0.3 is 5.97 Å². The fraction of sp³-hybridized carbons (Fsp3) is 0.429. The molecule has 1 aliphatic heterocycles. The van der Waals surface area contributed by atoms with E-state index >= 15 is 0 Å². The molecule has 20 heavy (non-hydrogen) atoms. The lowest BCUT2D eigenvalue weighted by Gasteiger charge is -2.33. The Balaban J connectivity index is 2.25. The lowest BCUT2D eigenvalue weighted by molar-refractivity contribution is -0.143. The number of aliphatic carboxylic acids is 1. The van der Waals surface area contributed by atoms with Gasteiger partial charge in [0.15, 0.2) is 0 Å². The Bertz CT molecular complexity index is 532. The van der Waals surface area contributed by atoms with Gasteiger partial charge in [0.05, 0.1) is 11.6 Å². The van der Waals surface area contributed by atoms with Crippen LogP contribution in [-0.2, 0) is 4.79 Å². The monoisotopic (exact) mass is 341 g/mol. The molecular formula is C14H16BrNO4. The number of benzene rings is 1. The Labute approximate surface area is 125 Å². The lowest BCUT2D eigenvalue weighted by atomic mass is 10.0. The van der Waals surface area contributed by atoms with Crippen LogP contribution in [0.15, 0.2) is 22.7 Å². The van der Waals surface area contributed by atoms with Crippen LogP contribution >= 0.6 is 15.9 Å². The van der Waals surface area contributed by atoms with E-state index in [4.69, 9.17) is 4.74 Å². The molecule has 0 spiro atoms. The largest absolute Gasteiger partial charge is 0.496 e. The molecule has 1 fully saturated rings. The zero-order valence-electron chi connectivity index (χ0n) is 11.1. The van der Waals surface area contributed by atoms with Gasteiger partial charge in [0.25, 0.3) is 5.91 Å². The summed E-state index contributed by atoms with van der Waals surface area (Å²) in [6.07, 6.45) is 2.19. The number of piperidine rings is 1. The van der Waals surface area contributed by atoms with E-state index < -0.39 is 12.0 Å². The van der Waals surface area contributed by atoms with Crippen LogP contribution < -0.4 is 4.74 Å². The predicted molar refractivity (Wildman–Crippen MR) is 77.0 cm³/mol. The Hall–Kier alpha value is -1.56. The summed E-state index contributed by atoms with van der Waals surface area (Å²) in [5.74, 6) is -0.555. The summed E-state index contributed by atoms with van der Waals surface area (Å²) < 4.78 is 5.79. The number of rotatable bonds is 3. The van der Waals surface area contributed by atoms with E-state index in [2.05, 4.69) is 15.9 Å². The number of carboxylic acid groups (broad SMARTS) is 1. The molecule has 0 unspecified atom stereocenters. The van der Waals surface area contributed by atoms with E-state index in [0.29, 0.717) is 28.8 Å². The van der Waals surface area contributed by atoms with Crippen LogP contribution in [0.4, 0.5) is 0 Å². The van der Waals surface area contributed by atoms with Crippen molar-refractivity contribution < 1.29 is 19.4 Å². The number of carbonyl (C=O) groups excluding carboxylic acids is 1. The quantitative estimate of drug-likeness (QED) is 0.917. The molecule has 0 saturated carbocycles. The third-order valence-electron chi connectivity index (χ3n) is 3.45. The van der Waals surface area contributed by atoms with Gasteiger partial charge in [0.2, 0.25) is 0 Å². The van der Waals surface area contributed by atoms with Crippen molar-refractivity contribution in [2.45, 2.75) is 25.3 Å². The van der Waals surface area contributed by atoms with Gasteiger partial charge in [-0.05, 0) is 53.4 Å². The Morgan fingerprint density at radius 2 is 2.15 bits per heavy atom. The van der Waals surface area contributed by atoms with Crippen molar-refractivity contribution in [1.82, 2.24) is 4.90 Å². The average Bonchev–Trinajstić information content (AvgIpc) is 2.46. The molecule has 0 aromatic heterocycles. The number of hydrogen-bond donors (Lipinski definition) is 1. The van der Waals surface area contributed by atoms with E-state index in [-0.39, 0.29) is 5.91 Å². The number of hydrogen-bond acceptors (Lipinski definition) is 3. The zero-order chi connectivity index (χ0) is 14.7. The third kappa shape index (κ3) is 2.95. The molecule has 1 aromatic rings. The van der Waals surface area contributed by atoms with Crippen LogP contribution in [-0.4, -0.2) is 41.6 Å². The van der Waals surface area contributed by atoms with Crippen LogP contribution in [0.25, 0.3) is 0 Å². The topological polar surface area (TPSA) is 66.8 Å². The highest BCUT2D eigenvalue weighted by Gasteiger charge is 2.32. The van der Waals surface area contributed by atoms with Crippen molar-refractivity contribution >= 4 is 27.8 Å². The minimum Gasteiger partial charge on any atom is -0.496 e. The first-order valence-corrected chi connectivity index (χ1v) is 7.21. The van der Waals surface area contributed by atoms with Gasteiger partial charge in [-0.3, -0.25) is 4.79 Å². The highest BCUT2D eigenvalue weighted by atomic mass is 79.9. The molecule has 0 radical (unpaired) electrons. The number of likely N-dealkylation sites (tertiary alicyclic amines) is 1. The second kappa shape index (κ2) is 6.26. The molecule has 0 aliphatic carbocycles. The number of methoxy groups -OCH3 is 1. The van der Waals surface area contributed by atoms with Crippen LogP contribution in [0, 0.1) is 0 Å². The first-order chi connectivity index (χ1) is 9.54. The molecule has 1 saturated heterocycles. The minimum absolute atomic E-state index is 0.250. The van der Waals surface area contributed by atoms with Crippen molar-refractivity contribution in [3.63, 3.8) is 0 Å². The van der Waals surface area contributed by atoms with Crippen molar-refractivity contribution in [2.24, 2.45) is 0 Å². The lowest BCUT2D eigenvalue weighted by Crippen LogP contribution is -2.47. The van der Waals surface area contributed by atoms with E-state index in [1.54, 1.807) is 25.3 Å². The van der Waals surface area contributed by atoms with E-state index in [0.717, 1.165) is 12.8 Å². The molecule has 1 aromatic carbocycles. The smallest absolute Gasteiger partial charge is 0.326 e. The fourth-order valence-electron chi connectivity index (χ4n) is 2.40. The molecule has 1 aliphatic rings. The van der Waals surface area contributed by atoms with Gasteiger partial charge in [-0.2, -0.15) is 0 Å². The van der Waals surface area contributed by atoms with Gasteiger partial charge in [-0.25, -0.2) is 4.79 Å². The number of carboxylic acids is 1. The van der Waals surface area contributed by atoms with Crippen LogP contribution in [0.5, 0.6) is 5.75 Å². The summed E-state index contributed by atoms with van der Waals surface area (Å²) >= 11 is 3.33. The summed E-state index contributed by atoms with van der Waals surface area (Å²) in [6.45, 7) is 0.486. The van der Waals surface area contributed by atoms with Crippen molar-refractivity contribution in [3.05, 3.63) is 28.2 Å². The van der Waals surface area contributed by atoms with Crippen molar-refractivity contribution in [3.8, 4) is 5.75 Å². The molecule has 108 valence electrons. The SMILES string of the molecule is COc1ccc(C(=O)N2CCCC[C@H]2C(=O)O)cc1Br. The van der Waals surface area contributed by atoms with E-state index in [1.807, 2.05) is 0 Å². The average molecular weight is 342 g/mol. The van der Waals surface area contributed by atoms with Gasteiger partial charge in [0, 0.05) is 12.1 Å². The number of amides is 1. The Kier molecular flexibility index (Phi) is 4.65. The van der Waals surface area contributed by atoms with Crippen LogP contribution in [0.2, 0.25) is 0 Å². The number of nitrogens with zero attached hydrogens (tertiary/aromatic N) is 1. The number of ether oxygens (including phenoxy) is 1. The molecule has 2 rings (SSSR count). The standard InChI is InChI=1S/C14H16BrNO4/c1-20-12-6-5-9(8-10(12)15)13(17)16-7-3-2-4-11(16)14(18)19/h5-6,8,11H,2-4,7H2,1H3,(H,18,19)/t11-/m0/s1. The van der Waals surface area contributed by atoms with Crippen LogP contribution in [0.1, 0.15) is 29.6 Å². The van der Waals surface area contributed by atoms with Gasteiger partial charge in [-0.15, -0.1) is 0 Å². The molecule has 1 N–H and O–H groups in total. The first kappa shape index (κ1) is 14.8. The normalized spacial score (nSPS) is 18.7. The summed E-state index contributed by atoms with van der Waals surface area (Å²) in [5, 5.41) is 9.22. The Morgan fingerprint density at radius 1 is 1.40 bits per heavy atom. The third-order valence-corrected chi connectivity index (χ3v) is 4.07. The molecular weight excluding hydrogens is 326 g/mol. The summed E-state index contributed by atoms with van der Waals surface area (Å²) in [7, 11) is 1.55. The van der Waals surface area contributed by atoms with Gasteiger partial charge in [-0.1, -0.05) is 0 Å². The van der Waals surface area contributed by atoms with Crippen molar-refractivity contribution in [1.29, 1.82) is 0 Å². The summed E-state index contributed by atoms with van der Waals surface area (Å²) in [5.41, 5.74) is 0.464. The minimum atomic E-state index is -0.939. The zero-order valence-corrected chi connectivity index (χ0v) is 12.7. The molecule has 1 amide bonds. The first-order valence-electron chi connectivity index (χ1n) is 6.42. The highest BCUT2D eigenvalue weighted by molar-refractivity contribution is 9.10. The van der Waals surface area contributed by atoms with E-state index in [9.17, 15) is 14.7 Å². The molecule has 1 heterocycles. The van der Waals surface area contributed by atoms with Crippen molar-refractivity contribution in [2.75, 3.05) is 13.7 Å². The molecule has 5 nitrogen and oxygen atoms in total. The summed E-state index contributed by atoms with van der Waals surface area (Å²) in [6, 6.07) is 4.28. The maximum atomic E-state index is 12.5.